The average Bonchev–Trinajstić information content (AvgIpc) is 2.91. The zero-order valence-electron chi connectivity index (χ0n) is 15.5. The van der Waals surface area contributed by atoms with Gasteiger partial charge in [0.2, 0.25) is 5.91 Å². The first-order chi connectivity index (χ1) is 12.9. The third kappa shape index (κ3) is 3.71. The predicted octanol–water partition coefficient (Wildman–Crippen LogP) is 1.18. The maximum atomic E-state index is 12.7. The van der Waals surface area contributed by atoms with Crippen LogP contribution < -0.4 is 0 Å². The van der Waals surface area contributed by atoms with Crippen molar-refractivity contribution < 1.29 is 23.9 Å². The van der Waals surface area contributed by atoms with E-state index < -0.39 is 30.4 Å². The van der Waals surface area contributed by atoms with E-state index in [4.69, 9.17) is 4.74 Å². The Kier molecular flexibility index (Phi) is 5.55. The number of ether oxygens (including phenoxy) is 1. The van der Waals surface area contributed by atoms with Gasteiger partial charge >= 0.3 is 17.8 Å². The number of hydrogen-bond donors (Lipinski definition) is 0. The number of benzene rings is 1. The van der Waals surface area contributed by atoms with E-state index >= 15 is 0 Å². The summed E-state index contributed by atoms with van der Waals surface area (Å²) in [6, 6.07) is 7.62. The smallest absolute Gasteiger partial charge is 0.335 e. The number of hydrogen-bond acceptors (Lipinski definition) is 5. The maximum Gasteiger partial charge on any atom is 0.335 e. The quantitative estimate of drug-likeness (QED) is 0.571. The molecule has 0 spiro atoms. The third-order valence-electron chi connectivity index (χ3n) is 4.99. The van der Waals surface area contributed by atoms with E-state index in [1.807, 2.05) is 13.0 Å². The van der Waals surface area contributed by atoms with E-state index in [9.17, 15) is 19.2 Å². The summed E-state index contributed by atoms with van der Waals surface area (Å²) < 4.78 is 5.53. The van der Waals surface area contributed by atoms with Crippen LogP contribution in [0.4, 0.5) is 4.79 Å². The van der Waals surface area contributed by atoms with Crippen LogP contribution in [0, 0.1) is 0 Å². The molecular weight excluding hydrogens is 350 g/mol. The highest BCUT2D eigenvalue weighted by molar-refractivity contribution is 6.45. The van der Waals surface area contributed by atoms with Gasteiger partial charge in [0.25, 0.3) is 0 Å². The molecule has 1 aromatic rings. The molecule has 5 amide bonds. The number of carbonyl (C=O) groups is 4. The predicted molar refractivity (Wildman–Crippen MR) is 95.4 cm³/mol. The van der Waals surface area contributed by atoms with Gasteiger partial charge in [-0.15, -0.1) is 0 Å². The zero-order chi connectivity index (χ0) is 19.6. The maximum absolute atomic E-state index is 12.7. The first-order valence-electron chi connectivity index (χ1n) is 9.07. The van der Waals surface area contributed by atoms with Crippen LogP contribution >= 0.6 is 0 Å². The van der Waals surface area contributed by atoms with Crippen LogP contribution in [0.2, 0.25) is 0 Å². The van der Waals surface area contributed by atoms with Crippen molar-refractivity contribution in [2.24, 2.45) is 0 Å². The molecule has 3 rings (SSSR count). The molecule has 0 aromatic heterocycles. The molecule has 0 radical (unpaired) electrons. The van der Waals surface area contributed by atoms with E-state index in [1.54, 1.807) is 36.1 Å². The van der Waals surface area contributed by atoms with Crippen LogP contribution in [0.5, 0.6) is 0 Å². The number of urea groups is 1. The number of rotatable bonds is 5. The molecule has 2 aliphatic rings. The van der Waals surface area contributed by atoms with Crippen molar-refractivity contribution in [3.05, 3.63) is 35.9 Å². The molecule has 27 heavy (non-hydrogen) atoms. The lowest BCUT2D eigenvalue weighted by molar-refractivity contribution is -0.146. The minimum atomic E-state index is -0.962. The molecule has 0 saturated carbocycles. The van der Waals surface area contributed by atoms with E-state index in [1.165, 1.54) is 0 Å². The van der Waals surface area contributed by atoms with Gasteiger partial charge in [0.05, 0.1) is 18.8 Å². The summed E-state index contributed by atoms with van der Waals surface area (Å²) in [6.45, 7) is 4.46. The molecule has 144 valence electrons. The number of imide groups is 2. The summed E-state index contributed by atoms with van der Waals surface area (Å²) in [5, 5.41) is 0. The molecular formula is C19H23N3O5. The van der Waals surface area contributed by atoms with Gasteiger partial charge < -0.3 is 9.64 Å². The van der Waals surface area contributed by atoms with Crippen molar-refractivity contribution in [2.75, 3.05) is 26.2 Å². The molecule has 0 aliphatic carbocycles. The molecule has 2 saturated heterocycles. The molecule has 0 N–H and O–H groups in total. The highest BCUT2D eigenvalue weighted by atomic mass is 16.5. The Morgan fingerprint density at radius 2 is 1.89 bits per heavy atom. The van der Waals surface area contributed by atoms with Crippen molar-refractivity contribution in [2.45, 2.75) is 32.4 Å². The minimum absolute atomic E-state index is 0.0519. The van der Waals surface area contributed by atoms with Gasteiger partial charge in [-0.25, -0.2) is 14.6 Å². The second-order valence-corrected chi connectivity index (χ2v) is 6.68. The third-order valence-corrected chi connectivity index (χ3v) is 4.99. The first-order valence-corrected chi connectivity index (χ1v) is 9.07. The van der Waals surface area contributed by atoms with Crippen LogP contribution in [0.25, 0.3) is 0 Å². The first kappa shape index (κ1) is 19.0. The van der Waals surface area contributed by atoms with Gasteiger partial charge in [0.1, 0.15) is 6.54 Å². The summed E-state index contributed by atoms with van der Waals surface area (Å²) in [5.74, 6) is -2.23. The van der Waals surface area contributed by atoms with Crippen LogP contribution in [0.3, 0.4) is 0 Å². The number of nitrogens with zero attached hydrogens (tertiary/aromatic N) is 3. The molecule has 8 heteroatoms. The Hall–Kier alpha value is -2.74. The fourth-order valence-electron chi connectivity index (χ4n) is 3.31. The number of amides is 5. The summed E-state index contributed by atoms with van der Waals surface area (Å²) >= 11 is 0. The van der Waals surface area contributed by atoms with Crippen LogP contribution in [-0.4, -0.2) is 70.8 Å². The molecule has 0 bridgehead atoms. The normalized spacial score (nSPS) is 21.8. The Morgan fingerprint density at radius 1 is 1.19 bits per heavy atom. The molecule has 2 fully saturated rings. The van der Waals surface area contributed by atoms with Crippen molar-refractivity contribution in [1.29, 1.82) is 0 Å². The molecule has 8 nitrogen and oxygen atoms in total. The minimum Gasteiger partial charge on any atom is -0.375 e. The fraction of sp³-hybridized carbons (Fsp3) is 0.474. The fourth-order valence-corrected chi connectivity index (χ4v) is 3.31. The molecule has 2 atom stereocenters. The van der Waals surface area contributed by atoms with Crippen LogP contribution in [-0.2, 0) is 19.1 Å². The lowest BCUT2D eigenvalue weighted by Gasteiger charge is -2.33. The largest absolute Gasteiger partial charge is 0.375 e. The Balaban J connectivity index is 1.71. The van der Waals surface area contributed by atoms with Gasteiger partial charge in [-0.1, -0.05) is 37.3 Å². The molecule has 2 aliphatic heterocycles. The Morgan fingerprint density at radius 3 is 2.56 bits per heavy atom. The SMILES string of the molecule is CCC1CN(C(=O)CN2C(=O)C(=O)N(C(C)c3ccccc3)C2=O)CCO1. The van der Waals surface area contributed by atoms with E-state index in [-0.39, 0.29) is 12.0 Å². The second-order valence-electron chi connectivity index (χ2n) is 6.68. The zero-order valence-corrected chi connectivity index (χ0v) is 15.5. The number of morpholine rings is 1. The van der Waals surface area contributed by atoms with Gasteiger partial charge in [0.15, 0.2) is 0 Å². The van der Waals surface area contributed by atoms with Crippen molar-refractivity contribution in [1.82, 2.24) is 14.7 Å². The van der Waals surface area contributed by atoms with E-state index in [0.29, 0.717) is 19.7 Å². The Bertz CT molecular complexity index is 751. The molecule has 2 unspecified atom stereocenters. The average molecular weight is 373 g/mol. The highest BCUT2D eigenvalue weighted by Crippen LogP contribution is 2.26. The lowest BCUT2D eigenvalue weighted by Crippen LogP contribution is -2.50. The summed E-state index contributed by atoms with van der Waals surface area (Å²) in [5.41, 5.74) is 0.735. The number of carbonyl (C=O) groups excluding carboxylic acids is 4. The van der Waals surface area contributed by atoms with E-state index in [2.05, 4.69) is 0 Å². The highest BCUT2D eigenvalue weighted by Gasteiger charge is 2.48. The summed E-state index contributed by atoms with van der Waals surface area (Å²) in [7, 11) is 0. The summed E-state index contributed by atoms with van der Waals surface area (Å²) in [4.78, 5) is 53.2. The standard InChI is InChI=1S/C19H23N3O5/c1-3-15-11-20(9-10-27-15)16(23)12-21-17(24)18(25)22(19(21)26)13(2)14-7-5-4-6-8-14/h4-8,13,15H,3,9-12H2,1-2H3. The topological polar surface area (TPSA) is 87.2 Å². The van der Waals surface area contributed by atoms with Gasteiger partial charge in [-0.2, -0.15) is 0 Å². The lowest BCUT2D eigenvalue weighted by atomic mass is 10.1. The summed E-state index contributed by atoms with van der Waals surface area (Å²) in [6.07, 6.45) is 0.718. The molecule has 2 heterocycles. The second kappa shape index (κ2) is 7.87. The van der Waals surface area contributed by atoms with Crippen LogP contribution in [0.1, 0.15) is 31.9 Å². The monoisotopic (exact) mass is 373 g/mol. The van der Waals surface area contributed by atoms with Crippen molar-refractivity contribution >= 4 is 23.8 Å². The van der Waals surface area contributed by atoms with Gasteiger partial charge in [-0.3, -0.25) is 14.4 Å². The van der Waals surface area contributed by atoms with Gasteiger partial charge in [-0.05, 0) is 18.9 Å². The van der Waals surface area contributed by atoms with Crippen LogP contribution in [0.15, 0.2) is 30.3 Å². The molecule has 1 aromatic carbocycles. The Labute approximate surface area is 157 Å². The van der Waals surface area contributed by atoms with E-state index in [0.717, 1.165) is 21.8 Å². The van der Waals surface area contributed by atoms with Crippen molar-refractivity contribution in [3.8, 4) is 0 Å². The van der Waals surface area contributed by atoms with Crippen molar-refractivity contribution in [3.63, 3.8) is 0 Å². The van der Waals surface area contributed by atoms with Gasteiger partial charge in [0, 0.05) is 13.1 Å².